The van der Waals surface area contributed by atoms with Crippen molar-refractivity contribution in [2.24, 2.45) is 0 Å². The molecule has 0 aliphatic carbocycles. The first kappa shape index (κ1) is 11.1. The Balaban J connectivity index is 1.99. The fourth-order valence-electron chi connectivity index (χ4n) is 1.22. The van der Waals surface area contributed by atoms with Crippen LogP contribution in [-0.2, 0) is 6.54 Å². The lowest BCUT2D eigenvalue weighted by Crippen LogP contribution is -2.24. The molecule has 7 heteroatoms. The number of carbonyl (C=O) groups is 1. The predicted octanol–water partition coefficient (Wildman–Crippen LogP) is 0.436. The van der Waals surface area contributed by atoms with Crippen molar-refractivity contribution in [1.82, 2.24) is 20.4 Å². The molecule has 0 aromatic carbocycles. The fraction of sp³-hybridized carbons (Fsp3) is 0.200. The van der Waals surface area contributed by atoms with Crippen LogP contribution in [0.15, 0.2) is 29.1 Å². The number of rotatable bonds is 4. The van der Waals surface area contributed by atoms with Crippen molar-refractivity contribution in [3.8, 4) is 0 Å². The van der Waals surface area contributed by atoms with Crippen LogP contribution in [-0.4, -0.2) is 28.1 Å². The number of hydrogen-bond acceptors (Lipinski definition) is 6. The fourth-order valence-corrected chi connectivity index (χ4v) is 1.22. The standard InChI is InChI=1S/C10H11N5O2/c1-11-8-4-2-3-7(14-8)10(16)12-5-9-13-6-17-15-9/h2-4,6H,5H2,1H3,(H,11,14)(H,12,16). The number of carbonyl (C=O) groups excluding carboxylic acids is 1. The molecule has 2 heterocycles. The molecule has 0 spiro atoms. The van der Waals surface area contributed by atoms with E-state index in [1.807, 2.05) is 0 Å². The summed E-state index contributed by atoms with van der Waals surface area (Å²) in [6.07, 6.45) is 1.21. The third kappa shape index (κ3) is 2.77. The summed E-state index contributed by atoms with van der Waals surface area (Å²) >= 11 is 0. The van der Waals surface area contributed by atoms with Gasteiger partial charge in [0.25, 0.3) is 5.91 Å². The predicted molar refractivity (Wildman–Crippen MR) is 59.3 cm³/mol. The SMILES string of the molecule is CNc1cccc(C(=O)NCc2ncon2)n1. The smallest absolute Gasteiger partial charge is 0.270 e. The van der Waals surface area contributed by atoms with Crippen molar-refractivity contribution >= 4 is 11.7 Å². The molecule has 0 aliphatic heterocycles. The Morgan fingerprint density at radius 3 is 3.06 bits per heavy atom. The van der Waals surface area contributed by atoms with E-state index in [1.54, 1.807) is 25.2 Å². The maximum absolute atomic E-state index is 11.7. The summed E-state index contributed by atoms with van der Waals surface area (Å²) in [6.45, 7) is 0.209. The van der Waals surface area contributed by atoms with Crippen LogP contribution in [0.2, 0.25) is 0 Å². The minimum atomic E-state index is -0.285. The maximum Gasteiger partial charge on any atom is 0.270 e. The van der Waals surface area contributed by atoms with Gasteiger partial charge in [0, 0.05) is 7.05 Å². The van der Waals surface area contributed by atoms with Crippen LogP contribution < -0.4 is 10.6 Å². The molecule has 2 rings (SSSR count). The van der Waals surface area contributed by atoms with Gasteiger partial charge in [0.2, 0.25) is 6.39 Å². The Labute approximate surface area is 97.2 Å². The highest BCUT2D eigenvalue weighted by Gasteiger charge is 2.08. The molecule has 0 radical (unpaired) electrons. The van der Waals surface area contributed by atoms with Crippen LogP contribution in [0.3, 0.4) is 0 Å². The molecule has 0 atom stereocenters. The molecule has 1 amide bonds. The molecule has 2 aromatic rings. The number of hydrogen-bond donors (Lipinski definition) is 2. The summed E-state index contributed by atoms with van der Waals surface area (Å²) < 4.78 is 4.55. The number of nitrogens with one attached hydrogen (secondary N) is 2. The lowest BCUT2D eigenvalue weighted by Gasteiger charge is -2.03. The van der Waals surface area contributed by atoms with Crippen LogP contribution in [0, 0.1) is 0 Å². The van der Waals surface area contributed by atoms with E-state index in [0.717, 1.165) is 0 Å². The van der Waals surface area contributed by atoms with Crippen molar-refractivity contribution in [2.45, 2.75) is 6.54 Å². The van der Waals surface area contributed by atoms with Crippen molar-refractivity contribution in [3.05, 3.63) is 36.1 Å². The topological polar surface area (TPSA) is 92.9 Å². The van der Waals surface area contributed by atoms with Gasteiger partial charge in [-0.05, 0) is 12.1 Å². The zero-order chi connectivity index (χ0) is 12.1. The maximum atomic E-state index is 11.7. The number of amides is 1. The third-order valence-electron chi connectivity index (χ3n) is 2.05. The molecule has 88 valence electrons. The number of anilines is 1. The highest BCUT2D eigenvalue weighted by Crippen LogP contribution is 2.03. The molecule has 17 heavy (non-hydrogen) atoms. The van der Waals surface area contributed by atoms with E-state index in [4.69, 9.17) is 0 Å². The first-order chi connectivity index (χ1) is 8.29. The summed E-state index contributed by atoms with van der Waals surface area (Å²) in [6, 6.07) is 5.16. The minimum Gasteiger partial charge on any atom is -0.373 e. The molecule has 7 nitrogen and oxygen atoms in total. The third-order valence-corrected chi connectivity index (χ3v) is 2.05. The van der Waals surface area contributed by atoms with Gasteiger partial charge in [-0.3, -0.25) is 4.79 Å². The lowest BCUT2D eigenvalue weighted by molar-refractivity contribution is 0.0945. The normalized spacial score (nSPS) is 9.94. The van der Waals surface area contributed by atoms with Crippen LogP contribution >= 0.6 is 0 Å². The van der Waals surface area contributed by atoms with Crippen LogP contribution in [0.1, 0.15) is 16.3 Å². The highest BCUT2D eigenvalue weighted by molar-refractivity contribution is 5.92. The minimum absolute atomic E-state index is 0.209. The van der Waals surface area contributed by atoms with Gasteiger partial charge < -0.3 is 15.2 Å². The molecule has 0 saturated carbocycles. The summed E-state index contributed by atoms with van der Waals surface area (Å²) in [5.74, 6) is 0.771. The Kier molecular flexibility index (Phi) is 3.29. The second kappa shape index (κ2) is 5.06. The lowest BCUT2D eigenvalue weighted by atomic mass is 10.3. The second-order valence-corrected chi connectivity index (χ2v) is 3.19. The Morgan fingerprint density at radius 2 is 2.35 bits per heavy atom. The van der Waals surface area contributed by atoms with Crippen LogP contribution in [0.4, 0.5) is 5.82 Å². The van der Waals surface area contributed by atoms with E-state index in [9.17, 15) is 4.79 Å². The molecule has 0 saturated heterocycles. The van der Waals surface area contributed by atoms with Crippen molar-refractivity contribution < 1.29 is 9.32 Å². The van der Waals surface area contributed by atoms with Gasteiger partial charge in [0.05, 0.1) is 6.54 Å². The van der Waals surface area contributed by atoms with Gasteiger partial charge in [-0.2, -0.15) is 4.98 Å². The van der Waals surface area contributed by atoms with Crippen molar-refractivity contribution in [3.63, 3.8) is 0 Å². The molecular weight excluding hydrogens is 222 g/mol. The molecule has 0 aliphatic rings. The summed E-state index contributed by atoms with van der Waals surface area (Å²) in [5, 5.41) is 9.08. The first-order valence-electron chi connectivity index (χ1n) is 4.98. The molecule has 0 unspecified atom stereocenters. The molecule has 0 bridgehead atoms. The highest BCUT2D eigenvalue weighted by atomic mass is 16.5. The average molecular weight is 233 g/mol. The van der Waals surface area contributed by atoms with E-state index >= 15 is 0 Å². The van der Waals surface area contributed by atoms with E-state index in [2.05, 4.69) is 30.3 Å². The van der Waals surface area contributed by atoms with Gasteiger partial charge in [0.15, 0.2) is 5.82 Å². The van der Waals surface area contributed by atoms with Crippen LogP contribution in [0.5, 0.6) is 0 Å². The number of aromatic nitrogens is 3. The van der Waals surface area contributed by atoms with Crippen molar-refractivity contribution in [2.75, 3.05) is 12.4 Å². The zero-order valence-corrected chi connectivity index (χ0v) is 9.17. The monoisotopic (exact) mass is 233 g/mol. The Bertz CT molecular complexity index is 497. The molecular formula is C10H11N5O2. The van der Waals surface area contributed by atoms with E-state index < -0.39 is 0 Å². The van der Waals surface area contributed by atoms with Gasteiger partial charge in [-0.1, -0.05) is 11.2 Å². The zero-order valence-electron chi connectivity index (χ0n) is 9.17. The van der Waals surface area contributed by atoms with E-state index in [0.29, 0.717) is 17.3 Å². The van der Waals surface area contributed by atoms with Gasteiger partial charge in [-0.25, -0.2) is 4.98 Å². The van der Waals surface area contributed by atoms with Gasteiger partial charge in [0.1, 0.15) is 11.5 Å². The Morgan fingerprint density at radius 1 is 1.47 bits per heavy atom. The van der Waals surface area contributed by atoms with Crippen LogP contribution in [0.25, 0.3) is 0 Å². The van der Waals surface area contributed by atoms with Gasteiger partial charge >= 0.3 is 0 Å². The van der Waals surface area contributed by atoms with Crippen molar-refractivity contribution in [1.29, 1.82) is 0 Å². The summed E-state index contributed by atoms with van der Waals surface area (Å²) in [4.78, 5) is 19.6. The summed E-state index contributed by atoms with van der Waals surface area (Å²) in [5.41, 5.74) is 0.334. The quantitative estimate of drug-likeness (QED) is 0.795. The second-order valence-electron chi connectivity index (χ2n) is 3.19. The molecule has 2 aromatic heterocycles. The average Bonchev–Trinajstić information content (AvgIpc) is 2.89. The summed E-state index contributed by atoms with van der Waals surface area (Å²) in [7, 11) is 1.74. The van der Waals surface area contributed by atoms with E-state index in [1.165, 1.54) is 6.39 Å². The number of pyridine rings is 1. The molecule has 2 N–H and O–H groups in total. The molecule has 0 fully saturated rings. The number of nitrogens with zero attached hydrogens (tertiary/aromatic N) is 3. The Hall–Kier alpha value is -2.44. The van der Waals surface area contributed by atoms with Gasteiger partial charge in [-0.15, -0.1) is 0 Å². The largest absolute Gasteiger partial charge is 0.373 e. The van der Waals surface area contributed by atoms with E-state index in [-0.39, 0.29) is 12.5 Å². The first-order valence-corrected chi connectivity index (χ1v) is 4.98.